The van der Waals surface area contributed by atoms with Gasteiger partial charge < -0.3 is 10.4 Å². The minimum Gasteiger partial charge on any atom is -0.396 e. The van der Waals surface area contributed by atoms with E-state index in [0.717, 1.165) is 12.8 Å². The van der Waals surface area contributed by atoms with Crippen LogP contribution in [0.15, 0.2) is 18.2 Å². The van der Waals surface area contributed by atoms with E-state index >= 15 is 0 Å². The van der Waals surface area contributed by atoms with Crippen molar-refractivity contribution in [3.05, 3.63) is 34.6 Å². The van der Waals surface area contributed by atoms with E-state index in [1.54, 1.807) is 12.1 Å². The van der Waals surface area contributed by atoms with E-state index in [1.165, 1.54) is 6.07 Å². The summed E-state index contributed by atoms with van der Waals surface area (Å²) >= 11 is 5.80. The van der Waals surface area contributed by atoms with Crippen LogP contribution in [0, 0.1) is 17.7 Å². The van der Waals surface area contributed by atoms with Gasteiger partial charge in [0.15, 0.2) is 0 Å². The van der Waals surface area contributed by atoms with Gasteiger partial charge >= 0.3 is 0 Å². The van der Waals surface area contributed by atoms with Crippen molar-refractivity contribution < 1.29 is 14.3 Å². The number of carbonyl (C=O) groups excluding carboxylic acids is 1. The molecule has 0 spiro atoms. The van der Waals surface area contributed by atoms with Crippen molar-refractivity contribution in [2.45, 2.75) is 25.4 Å². The predicted molar refractivity (Wildman–Crippen MR) is 81.9 cm³/mol. The monoisotopic (exact) mass is 326 g/mol. The highest BCUT2D eigenvalue weighted by molar-refractivity contribution is 6.30. The third-order valence-corrected chi connectivity index (χ3v) is 4.74. The number of nitrogens with zero attached hydrogens (tertiary/aromatic N) is 1. The van der Waals surface area contributed by atoms with E-state index in [4.69, 9.17) is 11.6 Å². The molecule has 1 aromatic carbocycles. The number of halogens is 2. The third-order valence-electron chi connectivity index (χ3n) is 4.45. The van der Waals surface area contributed by atoms with Crippen molar-refractivity contribution in [2.75, 3.05) is 19.7 Å². The van der Waals surface area contributed by atoms with Gasteiger partial charge in [-0.15, -0.1) is 0 Å². The van der Waals surface area contributed by atoms with Crippen LogP contribution in [0.1, 0.15) is 18.4 Å². The molecule has 2 atom stereocenters. The number of hydrogen-bond acceptors (Lipinski definition) is 3. The van der Waals surface area contributed by atoms with E-state index < -0.39 is 5.82 Å². The van der Waals surface area contributed by atoms with Crippen molar-refractivity contribution in [2.24, 2.45) is 11.8 Å². The second-order valence-corrected chi connectivity index (χ2v) is 6.65. The van der Waals surface area contributed by atoms with Crippen LogP contribution in [0.25, 0.3) is 0 Å². The van der Waals surface area contributed by atoms with E-state index in [0.29, 0.717) is 25.2 Å². The zero-order valence-electron chi connectivity index (χ0n) is 12.3. The molecule has 1 aliphatic heterocycles. The first-order valence-corrected chi connectivity index (χ1v) is 8.02. The quantitative estimate of drug-likeness (QED) is 0.867. The largest absolute Gasteiger partial charge is 0.396 e. The van der Waals surface area contributed by atoms with Gasteiger partial charge in [-0.2, -0.15) is 0 Å². The van der Waals surface area contributed by atoms with Crippen LogP contribution in [-0.4, -0.2) is 41.7 Å². The molecule has 4 nitrogen and oxygen atoms in total. The Morgan fingerprint density at radius 2 is 2.18 bits per heavy atom. The van der Waals surface area contributed by atoms with Gasteiger partial charge in [0, 0.05) is 49.7 Å². The second kappa shape index (κ2) is 6.52. The van der Waals surface area contributed by atoms with Crippen molar-refractivity contribution in [3.63, 3.8) is 0 Å². The molecule has 22 heavy (non-hydrogen) atoms. The Labute approximate surface area is 134 Å². The molecule has 0 unspecified atom stereocenters. The maximum Gasteiger partial charge on any atom is 0.223 e. The molecule has 1 aliphatic carbocycles. The Morgan fingerprint density at radius 1 is 1.41 bits per heavy atom. The standard InChI is InChI=1S/C16H20ClFN2O2/c17-13-3-1-2-11(15(13)18)6-20-7-12(9-21)14(8-20)19-16(22)10-4-5-10/h1-3,10,12,14,21H,4-9H2,(H,19,22)/t12-,14+/m0/s1. The first kappa shape index (κ1) is 15.7. The topological polar surface area (TPSA) is 52.6 Å². The molecule has 0 radical (unpaired) electrons. The summed E-state index contributed by atoms with van der Waals surface area (Å²) in [5.41, 5.74) is 0.540. The molecule has 120 valence electrons. The minimum absolute atomic E-state index is 0.00931. The van der Waals surface area contributed by atoms with Crippen molar-refractivity contribution in [1.82, 2.24) is 10.2 Å². The van der Waals surface area contributed by atoms with Crippen molar-refractivity contribution >= 4 is 17.5 Å². The zero-order chi connectivity index (χ0) is 15.7. The number of amides is 1. The average molecular weight is 327 g/mol. The maximum absolute atomic E-state index is 14.0. The molecule has 1 heterocycles. The fraction of sp³-hybridized carbons (Fsp3) is 0.562. The fourth-order valence-electron chi connectivity index (χ4n) is 3.00. The summed E-state index contributed by atoms with van der Waals surface area (Å²) in [5, 5.41) is 12.7. The number of benzene rings is 1. The van der Waals surface area contributed by atoms with Gasteiger partial charge in [0.1, 0.15) is 5.82 Å². The maximum atomic E-state index is 14.0. The highest BCUT2D eigenvalue weighted by atomic mass is 35.5. The second-order valence-electron chi connectivity index (χ2n) is 6.24. The minimum atomic E-state index is -0.393. The summed E-state index contributed by atoms with van der Waals surface area (Å²) in [6.07, 6.45) is 1.92. The van der Waals surface area contributed by atoms with Crippen LogP contribution >= 0.6 is 11.6 Å². The van der Waals surface area contributed by atoms with Crippen LogP contribution < -0.4 is 5.32 Å². The highest BCUT2D eigenvalue weighted by Gasteiger charge is 2.37. The number of carbonyl (C=O) groups is 1. The molecule has 0 aromatic heterocycles. The third kappa shape index (κ3) is 3.42. The zero-order valence-corrected chi connectivity index (χ0v) is 13.0. The van der Waals surface area contributed by atoms with Crippen LogP contribution in [0.3, 0.4) is 0 Å². The van der Waals surface area contributed by atoms with Gasteiger partial charge in [0.05, 0.1) is 5.02 Å². The summed E-state index contributed by atoms with van der Waals surface area (Å²) in [6, 6.07) is 4.90. The lowest BCUT2D eigenvalue weighted by molar-refractivity contribution is -0.123. The van der Waals surface area contributed by atoms with E-state index in [1.807, 2.05) is 4.90 Å². The molecule has 1 amide bonds. The first-order chi connectivity index (χ1) is 10.6. The highest BCUT2D eigenvalue weighted by Crippen LogP contribution is 2.30. The van der Waals surface area contributed by atoms with Crippen molar-refractivity contribution in [3.8, 4) is 0 Å². The lowest BCUT2D eigenvalue weighted by Crippen LogP contribution is -2.42. The lowest BCUT2D eigenvalue weighted by atomic mass is 10.1. The lowest BCUT2D eigenvalue weighted by Gasteiger charge is -2.18. The number of likely N-dealkylation sites (tertiary alicyclic amines) is 1. The van der Waals surface area contributed by atoms with Crippen molar-refractivity contribution in [1.29, 1.82) is 0 Å². The number of nitrogens with one attached hydrogen (secondary N) is 1. The Morgan fingerprint density at radius 3 is 2.86 bits per heavy atom. The summed E-state index contributed by atoms with van der Waals surface area (Å²) in [7, 11) is 0. The molecule has 1 saturated heterocycles. The van der Waals surface area contributed by atoms with E-state index in [9.17, 15) is 14.3 Å². The van der Waals surface area contributed by atoms with Gasteiger partial charge in [-0.05, 0) is 18.9 Å². The first-order valence-electron chi connectivity index (χ1n) is 7.65. The number of hydrogen-bond donors (Lipinski definition) is 2. The summed E-state index contributed by atoms with van der Waals surface area (Å²) in [6.45, 7) is 1.70. The molecular weight excluding hydrogens is 307 g/mol. The van der Waals surface area contributed by atoms with Crippen LogP contribution in [0.4, 0.5) is 4.39 Å². The Balaban J connectivity index is 1.63. The molecular formula is C16H20ClFN2O2. The number of rotatable bonds is 5. The molecule has 3 rings (SSSR count). The van der Waals surface area contributed by atoms with Gasteiger partial charge in [-0.3, -0.25) is 9.69 Å². The molecule has 1 aromatic rings. The SMILES string of the molecule is O=C(N[C@@H]1CN(Cc2cccc(Cl)c2F)C[C@H]1CO)C1CC1. The predicted octanol–water partition coefficient (Wildman–Crippen LogP) is 1.80. The Kier molecular flexibility index (Phi) is 4.66. The molecule has 2 aliphatic rings. The van der Waals surface area contributed by atoms with Gasteiger partial charge in [-0.25, -0.2) is 4.39 Å². The normalized spacial score (nSPS) is 25.4. The summed E-state index contributed by atoms with van der Waals surface area (Å²) < 4.78 is 14.0. The van der Waals surface area contributed by atoms with Crippen LogP contribution in [0.2, 0.25) is 5.02 Å². The van der Waals surface area contributed by atoms with Crippen LogP contribution in [-0.2, 0) is 11.3 Å². The van der Waals surface area contributed by atoms with E-state index in [-0.39, 0.29) is 35.4 Å². The number of aliphatic hydroxyl groups excluding tert-OH is 1. The van der Waals surface area contributed by atoms with Gasteiger partial charge in [-0.1, -0.05) is 23.7 Å². The summed E-state index contributed by atoms with van der Waals surface area (Å²) in [4.78, 5) is 13.9. The smallest absolute Gasteiger partial charge is 0.223 e. The van der Waals surface area contributed by atoms with Gasteiger partial charge in [0.2, 0.25) is 5.91 Å². The Hall–Kier alpha value is -1.17. The summed E-state index contributed by atoms with van der Waals surface area (Å²) in [5.74, 6) is -0.168. The average Bonchev–Trinajstić information content (AvgIpc) is 3.27. The molecule has 2 N–H and O–H groups in total. The fourth-order valence-corrected chi connectivity index (χ4v) is 3.19. The van der Waals surface area contributed by atoms with Crippen LogP contribution in [0.5, 0.6) is 0 Å². The van der Waals surface area contributed by atoms with E-state index in [2.05, 4.69) is 5.32 Å². The molecule has 2 fully saturated rings. The van der Waals surface area contributed by atoms with Gasteiger partial charge in [0.25, 0.3) is 0 Å². The molecule has 0 bridgehead atoms. The molecule has 1 saturated carbocycles. The Bertz CT molecular complexity index is 565. The number of aliphatic hydroxyl groups is 1. The molecule has 6 heteroatoms.